The average molecular weight is 580 g/mol. The number of aliphatic carboxylic acids is 1. The van der Waals surface area contributed by atoms with Crippen LogP contribution in [0.2, 0.25) is 0 Å². The zero-order chi connectivity index (χ0) is 30.7. The van der Waals surface area contributed by atoms with Gasteiger partial charge in [0.2, 0.25) is 0 Å². The number of aliphatic hydroxyl groups is 1. The first kappa shape index (κ1) is 30.2. The van der Waals surface area contributed by atoms with Crippen LogP contribution in [-0.4, -0.2) is 36.7 Å². The van der Waals surface area contributed by atoms with Crippen LogP contribution in [0.15, 0.2) is 77.4 Å². The lowest BCUT2D eigenvalue weighted by atomic mass is 9.80. The molecule has 224 valence electrons. The molecule has 2 aromatic heterocycles. The van der Waals surface area contributed by atoms with Crippen molar-refractivity contribution in [2.45, 2.75) is 71.9 Å². The molecule has 8 nitrogen and oxygen atoms in total. The maximum absolute atomic E-state index is 11.3. The Kier molecular flexibility index (Phi) is 9.06. The van der Waals surface area contributed by atoms with E-state index in [0.29, 0.717) is 25.1 Å². The van der Waals surface area contributed by atoms with Crippen LogP contribution in [0.3, 0.4) is 0 Å². The predicted molar refractivity (Wildman–Crippen MR) is 171 cm³/mol. The number of carboxylic acids is 1. The first-order valence-electron chi connectivity index (χ1n) is 15.1. The van der Waals surface area contributed by atoms with Gasteiger partial charge in [-0.25, -0.2) is 0 Å². The van der Waals surface area contributed by atoms with Gasteiger partial charge in [-0.3, -0.25) is 19.5 Å². The van der Waals surface area contributed by atoms with E-state index in [-0.39, 0.29) is 17.8 Å². The summed E-state index contributed by atoms with van der Waals surface area (Å²) in [5.41, 5.74) is 14.6. The number of nitrogens with two attached hydrogens (primary N) is 1. The fourth-order valence-electron chi connectivity index (χ4n) is 6.24. The lowest BCUT2D eigenvalue weighted by Crippen LogP contribution is -2.21. The van der Waals surface area contributed by atoms with E-state index >= 15 is 0 Å². The molecule has 43 heavy (non-hydrogen) atoms. The minimum absolute atomic E-state index is 0.117. The molecule has 1 fully saturated rings. The van der Waals surface area contributed by atoms with E-state index in [1.54, 1.807) is 4.68 Å². The van der Waals surface area contributed by atoms with Crippen molar-refractivity contribution in [3.8, 4) is 0 Å². The second kappa shape index (κ2) is 12.9. The number of aliphatic hydroxyl groups excluding tert-OH is 1. The summed E-state index contributed by atoms with van der Waals surface area (Å²) in [7, 11) is 0. The maximum Gasteiger partial charge on any atom is 0.306 e. The minimum atomic E-state index is -0.692. The van der Waals surface area contributed by atoms with Crippen LogP contribution < -0.4 is 5.73 Å². The Bertz CT molecular complexity index is 1660. The molecule has 0 amide bonds. The number of carbonyl (C=O) groups is 1. The number of pyridine rings is 1. The van der Waals surface area contributed by atoms with Crippen LogP contribution in [0, 0.1) is 18.8 Å². The number of benzene rings is 2. The highest BCUT2D eigenvalue weighted by Gasteiger charge is 2.27. The van der Waals surface area contributed by atoms with Gasteiger partial charge in [0, 0.05) is 40.2 Å². The van der Waals surface area contributed by atoms with E-state index in [1.165, 1.54) is 0 Å². The summed E-state index contributed by atoms with van der Waals surface area (Å²) in [6, 6.07) is 19.6. The summed E-state index contributed by atoms with van der Waals surface area (Å²) in [6.45, 7) is 8.52. The number of aryl methyl sites for hydroxylation is 1. The number of hydrogen-bond acceptors (Lipinski definition) is 6. The third kappa shape index (κ3) is 6.70. The zero-order valence-electron chi connectivity index (χ0n) is 25.4. The molecule has 0 radical (unpaired) electrons. The Labute approximate surface area is 253 Å². The highest BCUT2D eigenvalue weighted by atomic mass is 16.4. The quantitative estimate of drug-likeness (QED) is 0.184. The number of nitrogens with zero attached hydrogens (tertiary/aromatic N) is 4. The van der Waals surface area contributed by atoms with Crippen molar-refractivity contribution in [2.75, 3.05) is 0 Å². The van der Waals surface area contributed by atoms with Crippen LogP contribution in [0.25, 0.3) is 16.6 Å². The average Bonchev–Trinajstić information content (AvgIpc) is 3.41. The van der Waals surface area contributed by atoms with Crippen molar-refractivity contribution in [1.82, 2.24) is 14.8 Å². The normalized spacial score (nSPS) is 19.0. The van der Waals surface area contributed by atoms with E-state index < -0.39 is 12.1 Å². The Morgan fingerprint density at radius 3 is 2.42 bits per heavy atom. The largest absolute Gasteiger partial charge is 0.481 e. The van der Waals surface area contributed by atoms with Crippen LogP contribution in [0.4, 0.5) is 5.69 Å². The lowest BCUT2D eigenvalue weighted by molar-refractivity contribution is -0.142. The molecule has 1 unspecified atom stereocenters. The first-order chi connectivity index (χ1) is 20.6. The molecule has 1 saturated carbocycles. The van der Waals surface area contributed by atoms with E-state index in [2.05, 4.69) is 13.8 Å². The molecule has 5 rings (SSSR count). The molecule has 4 N–H and O–H groups in total. The molecule has 4 aromatic rings. The Morgan fingerprint density at radius 2 is 1.77 bits per heavy atom. The van der Waals surface area contributed by atoms with Gasteiger partial charge in [0.05, 0.1) is 35.5 Å². The number of fused-ring (bicyclic) bond motifs is 1. The van der Waals surface area contributed by atoms with Crippen molar-refractivity contribution in [3.63, 3.8) is 0 Å². The summed E-state index contributed by atoms with van der Waals surface area (Å²) in [6.07, 6.45) is 4.35. The number of carboxylic acid groups (broad SMARTS) is 1. The Hall–Kier alpha value is -4.30. The number of aliphatic imine (C=N–C) groups is 1. The maximum atomic E-state index is 11.3. The highest BCUT2D eigenvalue weighted by Crippen LogP contribution is 2.36. The van der Waals surface area contributed by atoms with Crippen molar-refractivity contribution >= 4 is 34.0 Å². The molecular weight excluding hydrogens is 538 g/mol. The van der Waals surface area contributed by atoms with Crippen molar-refractivity contribution in [3.05, 3.63) is 94.9 Å². The number of rotatable bonds is 9. The molecule has 2 aromatic carbocycles. The van der Waals surface area contributed by atoms with Gasteiger partial charge in [0.1, 0.15) is 0 Å². The zero-order valence-corrected chi connectivity index (χ0v) is 25.4. The van der Waals surface area contributed by atoms with E-state index in [9.17, 15) is 15.0 Å². The molecule has 2 heterocycles. The predicted octanol–water partition coefficient (Wildman–Crippen LogP) is 6.95. The van der Waals surface area contributed by atoms with Crippen LogP contribution >= 0.6 is 0 Å². The number of allylic oxidation sites excluding steroid dienone is 1. The molecular formula is C35H41N5O3. The highest BCUT2D eigenvalue weighted by molar-refractivity contribution is 6.08. The standard InChI is InChI=1S/C35H41N5O3/c1-21(2)33(23(4)38-29-17-18-30(37-22(29)3)24-13-15-26(16-14-24)35(42)43)34(36)27-11-8-12-31-28(27)19-40(39-31)20-32(41)25-9-6-5-7-10-25/h5-12,17-19,21,24,26,32,41H,13-16,20,36H2,1-4H3,(H,42,43)/b34-33-,38-23?. The molecule has 1 aliphatic rings. The summed E-state index contributed by atoms with van der Waals surface area (Å²) in [4.78, 5) is 21.2. The molecule has 8 heteroatoms. The SMILES string of the molecule is CC(=Nc1ccc(C2CCC(C(=O)O)CC2)nc1C)/C(=C(\N)c1cccc2nn(CC(O)c3ccccc3)cc12)C(C)C. The summed E-state index contributed by atoms with van der Waals surface area (Å²) < 4.78 is 1.78. The second-order valence-corrected chi connectivity index (χ2v) is 11.9. The van der Waals surface area contributed by atoms with Crippen molar-refractivity contribution in [1.29, 1.82) is 0 Å². The van der Waals surface area contributed by atoms with Crippen LogP contribution in [-0.2, 0) is 11.3 Å². The van der Waals surface area contributed by atoms with Crippen molar-refractivity contribution in [2.24, 2.45) is 22.6 Å². The lowest BCUT2D eigenvalue weighted by Gasteiger charge is -2.26. The van der Waals surface area contributed by atoms with Gasteiger partial charge in [-0.2, -0.15) is 5.10 Å². The van der Waals surface area contributed by atoms with Gasteiger partial charge in [-0.05, 0) is 74.8 Å². The van der Waals surface area contributed by atoms with Gasteiger partial charge in [0.25, 0.3) is 0 Å². The smallest absolute Gasteiger partial charge is 0.306 e. The van der Waals surface area contributed by atoms with Crippen molar-refractivity contribution < 1.29 is 15.0 Å². The van der Waals surface area contributed by atoms with Gasteiger partial charge < -0.3 is 15.9 Å². The summed E-state index contributed by atoms with van der Waals surface area (Å²) in [5.74, 6) is -0.532. The number of aromatic nitrogens is 3. The van der Waals surface area contributed by atoms with Gasteiger partial charge in [-0.15, -0.1) is 0 Å². The third-order valence-corrected chi connectivity index (χ3v) is 8.55. The van der Waals surface area contributed by atoms with Gasteiger partial charge in [-0.1, -0.05) is 56.3 Å². The molecule has 0 bridgehead atoms. The minimum Gasteiger partial charge on any atom is -0.481 e. The molecule has 0 spiro atoms. The molecule has 0 saturated heterocycles. The summed E-state index contributed by atoms with van der Waals surface area (Å²) in [5, 5.41) is 25.7. The number of hydrogen-bond donors (Lipinski definition) is 3. The monoisotopic (exact) mass is 579 g/mol. The Balaban J connectivity index is 1.42. The van der Waals surface area contributed by atoms with Gasteiger partial charge >= 0.3 is 5.97 Å². The van der Waals surface area contributed by atoms with E-state index in [4.69, 9.17) is 20.8 Å². The third-order valence-electron chi connectivity index (χ3n) is 8.55. The fourth-order valence-corrected chi connectivity index (χ4v) is 6.24. The topological polar surface area (TPSA) is 127 Å². The second-order valence-electron chi connectivity index (χ2n) is 11.9. The van der Waals surface area contributed by atoms with Crippen LogP contribution in [0.5, 0.6) is 0 Å². The Morgan fingerprint density at radius 1 is 1.05 bits per heavy atom. The fraction of sp³-hybridized carbons (Fsp3) is 0.371. The molecule has 1 aliphatic carbocycles. The summed E-state index contributed by atoms with van der Waals surface area (Å²) >= 11 is 0. The van der Waals surface area contributed by atoms with Crippen LogP contribution in [0.1, 0.15) is 81.0 Å². The molecule has 1 atom stereocenters. The molecule has 0 aliphatic heterocycles. The van der Waals surface area contributed by atoms with E-state index in [0.717, 1.165) is 63.2 Å². The van der Waals surface area contributed by atoms with E-state index in [1.807, 2.05) is 80.7 Å². The first-order valence-corrected chi connectivity index (χ1v) is 15.1. The van der Waals surface area contributed by atoms with Gasteiger partial charge in [0.15, 0.2) is 0 Å².